The molecule has 0 aromatic heterocycles. The van der Waals surface area contributed by atoms with E-state index >= 15 is 0 Å². The average molecular weight is 612 g/mol. The van der Waals surface area contributed by atoms with Crippen LogP contribution in [0.4, 0.5) is 0 Å². The van der Waals surface area contributed by atoms with E-state index in [9.17, 15) is 0 Å². The second kappa shape index (κ2) is 11.9. The fourth-order valence-electron chi connectivity index (χ4n) is 2.64. The third kappa shape index (κ3) is 9.55. The topological polar surface area (TPSA) is 49.3 Å². The standard InChI is InChI=1S/C26H38INO4Si2/c1-20(32-33(5,6)7)28-19-21-18-22(27)10-15-25(21)31-24-13-11-23(12-14-24)29-16-17-30-34(8,9)26(2,3)4/h10-15,18-19H,1,16-17H2,2-9H3/b28-19+. The maximum atomic E-state index is 6.17. The molecule has 0 fully saturated rings. The number of hydrogen-bond acceptors (Lipinski definition) is 5. The van der Waals surface area contributed by atoms with Gasteiger partial charge in [-0.05, 0) is 109 Å². The minimum absolute atomic E-state index is 0.194. The van der Waals surface area contributed by atoms with Gasteiger partial charge in [-0.2, -0.15) is 0 Å². The maximum absolute atomic E-state index is 6.17. The largest absolute Gasteiger partial charge is 0.532 e. The number of hydrogen-bond donors (Lipinski definition) is 0. The van der Waals surface area contributed by atoms with Crippen LogP contribution in [0.2, 0.25) is 37.8 Å². The highest BCUT2D eigenvalue weighted by Crippen LogP contribution is 2.36. The number of aliphatic imine (C=N–C) groups is 1. The SMILES string of the molecule is C=C(/N=C/c1cc(I)ccc1Oc1ccc(OCCO[Si](C)(C)C(C)(C)C)cc1)O[Si](C)(C)C. The van der Waals surface area contributed by atoms with Crippen molar-refractivity contribution in [2.24, 2.45) is 4.99 Å². The molecule has 0 amide bonds. The molecule has 0 N–H and O–H groups in total. The molecule has 2 aromatic carbocycles. The van der Waals surface area contributed by atoms with E-state index in [1.807, 2.05) is 42.5 Å². The summed E-state index contributed by atoms with van der Waals surface area (Å²) in [6, 6.07) is 13.6. The molecular formula is C26H38INO4Si2. The lowest BCUT2D eigenvalue weighted by atomic mass is 10.2. The van der Waals surface area contributed by atoms with Gasteiger partial charge in [0.1, 0.15) is 23.9 Å². The first-order chi connectivity index (χ1) is 15.7. The van der Waals surface area contributed by atoms with Gasteiger partial charge in [0.2, 0.25) is 8.32 Å². The van der Waals surface area contributed by atoms with Crippen LogP contribution in [0.5, 0.6) is 17.2 Å². The highest BCUT2D eigenvalue weighted by molar-refractivity contribution is 14.1. The summed E-state index contributed by atoms with van der Waals surface area (Å²) in [7, 11) is -3.50. The van der Waals surface area contributed by atoms with E-state index < -0.39 is 16.6 Å². The Morgan fingerprint density at radius 1 is 0.971 bits per heavy atom. The average Bonchev–Trinajstić information content (AvgIpc) is 2.70. The number of halogens is 1. The van der Waals surface area contributed by atoms with Gasteiger partial charge in [0.05, 0.1) is 6.61 Å². The molecule has 34 heavy (non-hydrogen) atoms. The number of rotatable bonds is 11. The van der Waals surface area contributed by atoms with E-state index in [0.717, 1.165) is 20.6 Å². The van der Waals surface area contributed by atoms with Gasteiger partial charge in [0.15, 0.2) is 14.2 Å². The summed E-state index contributed by atoms with van der Waals surface area (Å²) < 4.78 is 25.1. The quantitative estimate of drug-likeness (QED) is 0.0845. The van der Waals surface area contributed by atoms with Gasteiger partial charge >= 0.3 is 0 Å². The van der Waals surface area contributed by atoms with Crippen molar-refractivity contribution in [3.63, 3.8) is 0 Å². The number of benzene rings is 2. The molecule has 8 heteroatoms. The van der Waals surface area contributed by atoms with Crippen molar-refractivity contribution in [1.29, 1.82) is 0 Å². The van der Waals surface area contributed by atoms with Crippen molar-refractivity contribution in [1.82, 2.24) is 0 Å². The number of nitrogens with zero attached hydrogens (tertiary/aromatic N) is 1. The normalized spacial score (nSPS) is 12.6. The predicted molar refractivity (Wildman–Crippen MR) is 155 cm³/mol. The summed E-state index contributed by atoms with van der Waals surface area (Å²) >= 11 is 2.27. The third-order valence-electron chi connectivity index (χ3n) is 5.42. The lowest BCUT2D eigenvalue weighted by Gasteiger charge is -2.36. The molecule has 0 aliphatic heterocycles. The zero-order valence-electron chi connectivity index (χ0n) is 21.7. The molecule has 2 rings (SSSR count). The minimum atomic E-state index is -1.75. The highest BCUT2D eigenvalue weighted by atomic mass is 127. The van der Waals surface area contributed by atoms with Gasteiger partial charge in [-0.1, -0.05) is 20.8 Å². The van der Waals surface area contributed by atoms with Crippen LogP contribution in [-0.2, 0) is 8.85 Å². The van der Waals surface area contributed by atoms with E-state index in [2.05, 4.69) is 87.7 Å². The molecule has 0 spiro atoms. The van der Waals surface area contributed by atoms with Crippen LogP contribution in [0.1, 0.15) is 26.3 Å². The first-order valence-electron chi connectivity index (χ1n) is 11.4. The van der Waals surface area contributed by atoms with Crippen molar-refractivity contribution in [2.75, 3.05) is 13.2 Å². The van der Waals surface area contributed by atoms with Crippen molar-refractivity contribution in [2.45, 2.75) is 58.5 Å². The first kappa shape index (κ1) is 28.6. The second-order valence-corrected chi connectivity index (χ2v) is 21.1. The van der Waals surface area contributed by atoms with Crippen molar-refractivity contribution in [3.05, 3.63) is 64.1 Å². The summed E-state index contributed by atoms with van der Waals surface area (Å²) in [6.45, 7) is 22.5. The Hall–Kier alpha value is -1.63. The molecule has 0 saturated heterocycles. The minimum Gasteiger partial charge on any atom is -0.532 e. The lowest BCUT2D eigenvalue weighted by molar-refractivity contribution is 0.203. The summed E-state index contributed by atoms with van der Waals surface area (Å²) in [5, 5.41) is 0.194. The van der Waals surface area contributed by atoms with Crippen molar-refractivity contribution in [3.8, 4) is 17.2 Å². The van der Waals surface area contributed by atoms with E-state index in [0.29, 0.717) is 24.8 Å². The van der Waals surface area contributed by atoms with Gasteiger partial charge in [-0.3, -0.25) is 0 Å². The van der Waals surface area contributed by atoms with Gasteiger partial charge in [-0.15, -0.1) is 0 Å². The van der Waals surface area contributed by atoms with Crippen LogP contribution >= 0.6 is 22.6 Å². The first-order valence-corrected chi connectivity index (χ1v) is 18.8. The van der Waals surface area contributed by atoms with Gasteiger partial charge in [0, 0.05) is 15.3 Å². The second-order valence-electron chi connectivity index (χ2n) is 10.6. The summed E-state index contributed by atoms with van der Waals surface area (Å²) in [6.07, 6.45) is 1.74. The smallest absolute Gasteiger partial charge is 0.244 e. The highest BCUT2D eigenvalue weighted by Gasteiger charge is 2.36. The van der Waals surface area contributed by atoms with E-state index in [4.69, 9.17) is 18.3 Å². The fourth-order valence-corrected chi connectivity index (χ4v) is 4.94. The van der Waals surface area contributed by atoms with E-state index in [1.54, 1.807) is 6.21 Å². The summed E-state index contributed by atoms with van der Waals surface area (Å²) in [5.41, 5.74) is 0.857. The van der Waals surface area contributed by atoms with Crippen LogP contribution in [0.25, 0.3) is 0 Å². The van der Waals surface area contributed by atoms with E-state index in [1.165, 1.54) is 0 Å². The van der Waals surface area contributed by atoms with Crippen LogP contribution in [0, 0.1) is 3.57 Å². The van der Waals surface area contributed by atoms with Gasteiger partial charge < -0.3 is 18.3 Å². The zero-order valence-corrected chi connectivity index (χ0v) is 25.9. The number of ether oxygens (including phenoxy) is 2. The fraction of sp³-hybridized carbons (Fsp3) is 0.423. The monoisotopic (exact) mass is 611 g/mol. The predicted octanol–water partition coefficient (Wildman–Crippen LogP) is 8.23. The zero-order chi connectivity index (χ0) is 25.6. The van der Waals surface area contributed by atoms with Crippen LogP contribution in [-0.4, -0.2) is 36.1 Å². The molecule has 0 unspecified atom stereocenters. The molecule has 0 atom stereocenters. The molecule has 0 heterocycles. The maximum Gasteiger partial charge on any atom is 0.244 e. The molecule has 186 valence electrons. The third-order valence-corrected chi connectivity index (χ3v) is 11.5. The Kier molecular flexibility index (Phi) is 9.99. The molecule has 0 aliphatic carbocycles. The lowest BCUT2D eigenvalue weighted by Crippen LogP contribution is -2.41. The molecule has 0 aliphatic rings. The molecule has 5 nitrogen and oxygen atoms in total. The summed E-state index contributed by atoms with van der Waals surface area (Å²) in [5.74, 6) is 2.64. The Morgan fingerprint density at radius 3 is 2.18 bits per heavy atom. The Balaban J connectivity index is 1.98. The van der Waals surface area contributed by atoms with Crippen LogP contribution in [0.15, 0.2) is 59.9 Å². The molecule has 2 aromatic rings. The Labute approximate surface area is 221 Å². The molecular weight excluding hydrogens is 573 g/mol. The van der Waals surface area contributed by atoms with Crippen molar-refractivity contribution >= 4 is 45.4 Å². The molecule has 0 bridgehead atoms. The van der Waals surface area contributed by atoms with E-state index in [-0.39, 0.29) is 5.04 Å². The Bertz CT molecular complexity index is 993. The van der Waals surface area contributed by atoms with Crippen molar-refractivity contribution < 1.29 is 18.3 Å². The van der Waals surface area contributed by atoms with Crippen LogP contribution < -0.4 is 9.47 Å². The molecule has 0 saturated carbocycles. The molecule has 0 radical (unpaired) electrons. The van der Waals surface area contributed by atoms with Crippen LogP contribution in [0.3, 0.4) is 0 Å². The van der Waals surface area contributed by atoms with Gasteiger partial charge in [-0.25, -0.2) is 4.99 Å². The van der Waals surface area contributed by atoms with Gasteiger partial charge in [0.25, 0.3) is 0 Å². The summed E-state index contributed by atoms with van der Waals surface area (Å²) in [4.78, 5) is 4.39. The Morgan fingerprint density at radius 2 is 1.59 bits per heavy atom.